The Balaban J connectivity index is 3.10. The van der Waals surface area contributed by atoms with Gasteiger partial charge in [-0.15, -0.1) is 0 Å². The maximum absolute atomic E-state index is 11.2. The van der Waals surface area contributed by atoms with Crippen molar-refractivity contribution in [1.29, 1.82) is 0 Å². The molecule has 17 heavy (non-hydrogen) atoms. The molecule has 0 heterocycles. The summed E-state index contributed by atoms with van der Waals surface area (Å²) >= 11 is 3.18. The standard InChI is InChI=1S/C11H12BrNO4/c1-5(14)9(12)7-3-2-6(4-8(7)13)10(15)11(16)17/h2-4,9-10,15H,13H2,1H3,(H,16,17). The van der Waals surface area contributed by atoms with Gasteiger partial charge in [-0.05, 0) is 24.1 Å². The number of aliphatic hydroxyl groups is 1. The van der Waals surface area contributed by atoms with Gasteiger partial charge >= 0.3 is 5.97 Å². The number of anilines is 1. The van der Waals surface area contributed by atoms with Crippen LogP contribution in [0.5, 0.6) is 0 Å². The van der Waals surface area contributed by atoms with Crippen LogP contribution in [0.3, 0.4) is 0 Å². The largest absolute Gasteiger partial charge is 0.479 e. The van der Waals surface area contributed by atoms with Gasteiger partial charge < -0.3 is 15.9 Å². The Bertz CT molecular complexity index is 461. The van der Waals surface area contributed by atoms with E-state index in [2.05, 4.69) is 15.9 Å². The summed E-state index contributed by atoms with van der Waals surface area (Å²) in [7, 11) is 0. The van der Waals surface area contributed by atoms with Crippen molar-refractivity contribution in [3.8, 4) is 0 Å². The van der Waals surface area contributed by atoms with E-state index in [0.717, 1.165) is 0 Å². The van der Waals surface area contributed by atoms with Crippen molar-refractivity contribution < 1.29 is 19.8 Å². The minimum absolute atomic E-state index is 0.108. The minimum atomic E-state index is -1.61. The summed E-state index contributed by atoms with van der Waals surface area (Å²) in [5.74, 6) is -1.46. The topological polar surface area (TPSA) is 101 Å². The van der Waals surface area contributed by atoms with Gasteiger partial charge in [-0.3, -0.25) is 4.79 Å². The number of benzene rings is 1. The molecular formula is C11H12BrNO4. The molecular weight excluding hydrogens is 290 g/mol. The van der Waals surface area contributed by atoms with E-state index < -0.39 is 16.9 Å². The molecule has 2 atom stereocenters. The molecule has 1 aromatic rings. The molecule has 0 saturated carbocycles. The highest BCUT2D eigenvalue weighted by atomic mass is 79.9. The second-order valence-corrected chi connectivity index (χ2v) is 4.52. The fraction of sp³-hybridized carbons (Fsp3) is 0.273. The second kappa shape index (κ2) is 5.29. The molecule has 0 aliphatic heterocycles. The fourth-order valence-corrected chi connectivity index (χ4v) is 1.77. The molecule has 0 bridgehead atoms. The normalized spacial score (nSPS) is 14.1. The van der Waals surface area contributed by atoms with E-state index in [9.17, 15) is 14.7 Å². The number of carboxylic acid groups (broad SMARTS) is 1. The molecule has 6 heteroatoms. The maximum Gasteiger partial charge on any atom is 0.337 e. The lowest BCUT2D eigenvalue weighted by Gasteiger charge is -2.12. The van der Waals surface area contributed by atoms with Crippen LogP contribution in [-0.4, -0.2) is 22.0 Å². The Morgan fingerprint density at radius 2 is 2.00 bits per heavy atom. The average molecular weight is 302 g/mol. The molecule has 1 rings (SSSR count). The van der Waals surface area contributed by atoms with E-state index >= 15 is 0 Å². The van der Waals surface area contributed by atoms with Crippen molar-refractivity contribution in [1.82, 2.24) is 0 Å². The van der Waals surface area contributed by atoms with E-state index in [1.54, 1.807) is 0 Å². The number of ketones is 1. The number of aliphatic hydroxyl groups excluding tert-OH is 1. The number of hydrogen-bond donors (Lipinski definition) is 3. The third-order valence-corrected chi connectivity index (χ3v) is 3.43. The molecule has 1 aromatic carbocycles. The molecule has 0 fully saturated rings. The van der Waals surface area contributed by atoms with Gasteiger partial charge in [-0.2, -0.15) is 0 Å². The highest BCUT2D eigenvalue weighted by Crippen LogP contribution is 2.30. The van der Waals surface area contributed by atoms with E-state index in [4.69, 9.17) is 10.8 Å². The Hall–Kier alpha value is -1.40. The summed E-state index contributed by atoms with van der Waals surface area (Å²) in [4.78, 5) is 21.2. The number of alkyl halides is 1. The van der Waals surface area contributed by atoms with Gasteiger partial charge in [-0.1, -0.05) is 28.1 Å². The summed E-state index contributed by atoms with van der Waals surface area (Å²) in [6, 6.07) is 4.31. The van der Waals surface area contributed by atoms with Crippen LogP contribution in [0.25, 0.3) is 0 Å². The van der Waals surface area contributed by atoms with Gasteiger partial charge in [-0.25, -0.2) is 4.79 Å². The summed E-state index contributed by atoms with van der Waals surface area (Å²) in [6.45, 7) is 1.42. The molecule has 2 unspecified atom stereocenters. The monoisotopic (exact) mass is 301 g/mol. The predicted molar refractivity (Wildman–Crippen MR) is 65.8 cm³/mol. The van der Waals surface area contributed by atoms with Crippen molar-refractivity contribution in [2.24, 2.45) is 0 Å². The maximum atomic E-state index is 11.2. The SMILES string of the molecule is CC(=O)C(Br)c1ccc(C(O)C(=O)O)cc1N. The third-order valence-electron chi connectivity index (χ3n) is 2.29. The predicted octanol–water partition coefficient (Wildman–Crippen LogP) is 1.41. The molecule has 0 aromatic heterocycles. The number of carboxylic acids is 1. The Kier molecular flexibility index (Phi) is 4.25. The first-order valence-corrected chi connectivity index (χ1v) is 5.71. The third kappa shape index (κ3) is 3.04. The number of halogens is 1. The molecule has 4 N–H and O–H groups in total. The van der Waals surface area contributed by atoms with Gasteiger partial charge in [0.2, 0.25) is 0 Å². The van der Waals surface area contributed by atoms with Crippen molar-refractivity contribution in [2.45, 2.75) is 17.9 Å². The Labute approximate surface area is 106 Å². The van der Waals surface area contributed by atoms with Crippen molar-refractivity contribution in [3.05, 3.63) is 29.3 Å². The van der Waals surface area contributed by atoms with Crippen LogP contribution in [0, 0.1) is 0 Å². The minimum Gasteiger partial charge on any atom is -0.479 e. The molecule has 5 nitrogen and oxygen atoms in total. The lowest BCUT2D eigenvalue weighted by molar-refractivity contribution is -0.146. The average Bonchev–Trinajstić information content (AvgIpc) is 2.26. The number of Topliss-reactive ketones (excluding diaryl/α,β-unsaturated/α-hetero) is 1. The summed E-state index contributed by atoms with van der Waals surface area (Å²) < 4.78 is 0. The fourth-order valence-electron chi connectivity index (χ4n) is 1.36. The first kappa shape index (κ1) is 13.7. The van der Waals surface area contributed by atoms with Gasteiger partial charge in [0.15, 0.2) is 6.10 Å². The van der Waals surface area contributed by atoms with Gasteiger partial charge in [0, 0.05) is 5.69 Å². The van der Waals surface area contributed by atoms with Gasteiger partial charge in [0.1, 0.15) is 5.78 Å². The summed E-state index contributed by atoms with van der Waals surface area (Å²) in [5.41, 5.74) is 6.71. The zero-order chi connectivity index (χ0) is 13.2. The number of aliphatic carboxylic acids is 1. The van der Waals surface area contributed by atoms with E-state index in [0.29, 0.717) is 5.56 Å². The Morgan fingerprint density at radius 3 is 2.41 bits per heavy atom. The van der Waals surface area contributed by atoms with E-state index in [1.165, 1.54) is 25.1 Å². The van der Waals surface area contributed by atoms with Crippen LogP contribution in [0.1, 0.15) is 29.0 Å². The molecule has 0 radical (unpaired) electrons. The highest BCUT2D eigenvalue weighted by Gasteiger charge is 2.20. The second-order valence-electron chi connectivity index (χ2n) is 3.60. The van der Waals surface area contributed by atoms with E-state index in [1.807, 2.05) is 0 Å². The Morgan fingerprint density at radius 1 is 1.41 bits per heavy atom. The molecule has 0 spiro atoms. The van der Waals surface area contributed by atoms with Crippen LogP contribution >= 0.6 is 15.9 Å². The summed E-state index contributed by atoms with van der Waals surface area (Å²) in [5, 5.41) is 18.0. The van der Waals surface area contributed by atoms with Crippen LogP contribution in [0.2, 0.25) is 0 Å². The van der Waals surface area contributed by atoms with Crippen LogP contribution in [-0.2, 0) is 9.59 Å². The number of carbonyl (C=O) groups is 2. The molecule has 0 saturated heterocycles. The van der Waals surface area contributed by atoms with Crippen LogP contribution < -0.4 is 5.73 Å². The van der Waals surface area contributed by atoms with Crippen LogP contribution in [0.15, 0.2) is 18.2 Å². The number of hydrogen-bond acceptors (Lipinski definition) is 4. The quantitative estimate of drug-likeness (QED) is 0.577. The van der Waals surface area contributed by atoms with Crippen molar-refractivity contribution in [3.63, 3.8) is 0 Å². The zero-order valence-electron chi connectivity index (χ0n) is 9.05. The molecule has 0 amide bonds. The summed E-state index contributed by atoms with van der Waals surface area (Å²) in [6.07, 6.45) is -1.61. The van der Waals surface area contributed by atoms with Gasteiger partial charge in [0.25, 0.3) is 0 Å². The van der Waals surface area contributed by atoms with Gasteiger partial charge in [0.05, 0.1) is 4.83 Å². The molecule has 0 aliphatic carbocycles. The van der Waals surface area contributed by atoms with Crippen molar-refractivity contribution in [2.75, 3.05) is 5.73 Å². The molecule has 92 valence electrons. The smallest absolute Gasteiger partial charge is 0.337 e. The number of rotatable bonds is 4. The van der Waals surface area contributed by atoms with Crippen LogP contribution in [0.4, 0.5) is 5.69 Å². The first-order valence-electron chi connectivity index (χ1n) is 4.79. The van der Waals surface area contributed by atoms with E-state index in [-0.39, 0.29) is 17.0 Å². The lowest BCUT2D eigenvalue weighted by atomic mass is 10.0. The highest BCUT2D eigenvalue weighted by molar-refractivity contribution is 9.09. The number of nitrogens with two attached hydrogens (primary N) is 1. The first-order chi connectivity index (χ1) is 7.84. The van der Waals surface area contributed by atoms with Crippen molar-refractivity contribution >= 4 is 33.4 Å². The number of nitrogen functional groups attached to an aromatic ring is 1. The zero-order valence-corrected chi connectivity index (χ0v) is 10.6. The molecule has 0 aliphatic rings. The lowest BCUT2D eigenvalue weighted by Crippen LogP contribution is -2.12. The number of carbonyl (C=O) groups excluding carboxylic acids is 1.